The summed E-state index contributed by atoms with van der Waals surface area (Å²) in [5.41, 5.74) is 0. The third-order valence-corrected chi connectivity index (χ3v) is 9.27. The summed E-state index contributed by atoms with van der Waals surface area (Å²) in [6.07, 6.45) is 52.8. The maximum absolute atomic E-state index is 12.7. The molecule has 2 atom stereocenters. The van der Waals surface area contributed by atoms with Gasteiger partial charge < -0.3 is 27.9 Å². The molecule has 0 aliphatic heterocycles. The van der Waals surface area contributed by atoms with Gasteiger partial charge in [0, 0.05) is 12.8 Å². The van der Waals surface area contributed by atoms with Crippen LogP contribution in [0.3, 0.4) is 0 Å². The Kier molecular flexibility index (Phi) is 36.9. The fraction of sp³-hybridized carbons (Fsp3) is 0.583. The Balaban J connectivity index is 4.49. The number of likely N-dealkylation sites (N-methyl/N-ethyl adjacent to an activating group) is 1. The number of phosphoric ester groups is 1. The third kappa shape index (κ3) is 42.3. The maximum Gasteiger partial charge on any atom is 0.306 e. The number of hydrogen-bond acceptors (Lipinski definition) is 8. The van der Waals surface area contributed by atoms with E-state index in [0.29, 0.717) is 23.9 Å². The van der Waals surface area contributed by atoms with E-state index in [4.69, 9.17) is 18.5 Å². The molecule has 0 aromatic rings. The zero-order valence-corrected chi connectivity index (χ0v) is 37.6. The molecule has 0 saturated heterocycles. The zero-order valence-electron chi connectivity index (χ0n) is 36.7. The highest BCUT2D eigenvalue weighted by molar-refractivity contribution is 7.45. The van der Waals surface area contributed by atoms with Gasteiger partial charge in [0.15, 0.2) is 6.10 Å². The predicted octanol–water partition coefficient (Wildman–Crippen LogP) is 11.7. The molecule has 0 heterocycles. The molecular weight excluding hydrogens is 750 g/mol. The highest BCUT2D eigenvalue weighted by atomic mass is 31.2. The van der Waals surface area contributed by atoms with Gasteiger partial charge in [0.25, 0.3) is 7.82 Å². The summed E-state index contributed by atoms with van der Waals surface area (Å²) < 4.78 is 33.7. The number of allylic oxidation sites excluding steroid dienone is 18. The SMILES string of the molecule is CC/C=C\C/C=C\C/C=C\C/C=C\C/C=C\CCCCCCCC(=O)OC(COC(=O)CC/C=C\C/C=C\C/C=C\C/C=C\CC)COP(=O)([O-])OCC[N+](C)(C)C. The average molecular weight is 828 g/mol. The summed E-state index contributed by atoms with van der Waals surface area (Å²) in [5.74, 6) is -0.965. The molecule has 0 spiro atoms. The van der Waals surface area contributed by atoms with E-state index >= 15 is 0 Å². The lowest BCUT2D eigenvalue weighted by atomic mass is 10.1. The summed E-state index contributed by atoms with van der Waals surface area (Å²) in [7, 11) is 1.09. The van der Waals surface area contributed by atoms with Crippen molar-refractivity contribution in [3.05, 3.63) is 109 Å². The smallest absolute Gasteiger partial charge is 0.306 e. The number of quaternary nitrogens is 1. The standard InChI is InChI=1S/C48H78NO8P/c1-6-8-10-12-14-16-18-20-21-22-23-24-25-26-27-29-31-33-35-37-39-41-48(51)57-46(45-56-58(52,53)55-43-42-49(3,4)5)44-54-47(50)40-38-36-34-32-30-28-19-17-15-13-11-9-7-2/h8-11,14-17,20-21,23-24,26-28,30,34,36,46H,6-7,12-13,18-19,22,25,29,31-33,35,37-45H2,1-5H3/b10-8-,11-9-,16-14-,17-15-,21-20-,24-23-,27-26-,30-28-,36-34-. The Morgan fingerprint density at radius 1 is 0.534 bits per heavy atom. The highest BCUT2D eigenvalue weighted by Gasteiger charge is 2.21. The van der Waals surface area contributed by atoms with Crippen molar-refractivity contribution in [1.82, 2.24) is 0 Å². The second-order valence-electron chi connectivity index (χ2n) is 14.9. The van der Waals surface area contributed by atoms with E-state index in [2.05, 4.69) is 111 Å². The first kappa shape index (κ1) is 54.7. The summed E-state index contributed by atoms with van der Waals surface area (Å²) in [6, 6.07) is 0. The first-order chi connectivity index (χ1) is 28.0. The fourth-order valence-electron chi connectivity index (χ4n) is 4.99. The van der Waals surface area contributed by atoms with Crippen molar-refractivity contribution in [2.24, 2.45) is 0 Å². The molecule has 0 aromatic heterocycles. The van der Waals surface area contributed by atoms with Crippen molar-refractivity contribution < 1.29 is 42.1 Å². The summed E-state index contributed by atoms with van der Waals surface area (Å²) in [5, 5.41) is 0. The Hall–Kier alpha value is -3.33. The second-order valence-corrected chi connectivity index (χ2v) is 16.4. The van der Waals surface area contributed by atoms with Crippen LogP contribution in [0.15, 0.2) is 109 Å². The first-order valence-electron chi connectivity index (χ1n) is 21.6. The lowest BCUT2D eigenvalue weighted by Crippen LogP contribution is -2.37. The van der Waals surface area contributed by atoms with Crippen LogP contribution in [0.4, 0.5) is 0 Å². The van der Waals surface area contributed by atoms with Gasteiger partial charge in [0.05, 0.1) is 27.7 Å². The van der Waals surface area contributed by atoms with Gasteiger partial charge in [-0.25, -0.2) is 0 Å². The van der Waals surface area contributed by atoms with Crippen LogP contribution in [0.1, 0.15) is 129 Å². The third-order valence-electron chi connectivity index (χ3n) is 8.30. The van der Waals surface area contributed by atoms with E-state index in [1.807, 2.05) is 33.3 Å². The number of rotatable bonds is 37. The number of nitrogens with zero attached hydrogens (tertiary/aromatic N) is 1. The number of carbonyl (C=O) groups is 2. The molecule has 0 rings (SSSR count). The van der Waals surface area contributed by atoms with Gasteiger partial charge in [-0.2, -0.15) is 0 Å². The average Bonchev–Trinajstić information content (AvgIpc) is 3.17. The molecule has 0 fully saturated rings. The second kappa shape index (κ2) is 39.1. The molecule has 0 aliphatic rings. The number of carbonyl (C=O) groups excluding carboxylic acids is 2. The van der Waals surface area contributed by atoms with E-state index in [0.717, 1.165) is 89.9 Å². The van der Waals surface area contributed by atoms with Crippen molar-refractivity contribution in [3.8, 4) is 0 Å². The van der Waals surface area contributed by atoms with Crippen LogP contribution in [-0.4, -0.2) is 70.0 Å². The Morgan fingerprint density at radius 2 is 0.966 bits per heavy atom. The lowest BCUT2D eigenvalue weighted by molar-refractivity contribution is -0.870. The molecule has 10 heteroatoms. The molecule has 0 radical (unpaired) electrons. The number of hydrogen-bond donors (Lipinski definition) is 0. The van der Waals surface area contributed by atoms with Crippen LogP contribution in [-0.2, 0) is 32.7 Å². The van der Waals surface area contributed by atoms with Crippen molar-refractivity contribution in [2.75, 3.05) is 47.5 Å². The Labute approximate surface area is 353 Å². The molecule has 0 N–H and O–H groups in total. The first-order valence-corrected chi connectivity index (χ1v) is 23.1. The maximum atomic E-state index is 12.7. The summed E-state index contributed by atoms with van der Waals surface area (Å²) in [4.78, 5) is 37.5. The molecule has 0 aromatic carbocycles. The number of ether oxygens (including phenoxy) is 2. The minimum atomic E-state index is -4.65. The molecular formula is C48H78NO8P. The Morgan fingerprint density at radius 3 is 1.45 bits per heavy atom. The molecule has 0 aliphatic carbocycles. The van der Waals surface area contributed by atoms with E-state index in [9.17, 15) is 19.0 Å². The van der Waals surface area contributed by atoms with Gasteiger partial charge in [-0.1, -0.05) is 142 Å². The molecule has 0 bridgehead atoms. The number of unbranched alkanes of at least 4 members (excludes halogenated alkanes) is 5. The van der Waals surface area contributed by atoms with Crippen LogP contribution < -0.4 is 4.89 Å². The predicted molar refractivity (Wildman–Crippen MR) is 240 cm³/mol. The van der Waals surface area contributed by atoms with Crippen LogP contribution in [0.5, 0.6) is 0 Å². The number of esters is 2. The van der Waals surface area contributed by atoms with Gasteiger partial charge in [-0.3, -0.25) is 14.2 Å². The minimum Gasteiger partial charge on any atom is -0.756 e. The van der Waals surface area contributed by atoms with Crippen molar-refractivity contribution in [3.63, 3.8) is 0 Å². The van der Waals surface area contributed by atoms with Crippen LogP contribution in [0, 0.1) is 0 Å². The van der Waals surface area contributed by atoms with Crippen molar-refractivity contribution >= 4 is 19.8 Å². The lowest BCUT2D eigenvalue weighted by Gasteiger charge is -2.28. The van der Waals surface area contributed by atoms with E-state index < -0.39 is 32.5 Å². The molecule has 0 saturated carbocycles. The van der Waals surface area contributed by atoms with Gasteiger partial charge in [-0.15, -0.1) is 0 Å². The van der Waals surface area contributed by atoms with E-state index in [-0.39, 0.29) is 26.1 Å². The number of phosphoric acid groups is 1. The van der Waals surface area contributed by atoms with E-state index in [1.54, 1.807) is 0 Å². The summed E-state index contributed by atoms with van der Waals surface area (Å²) in [6.45, 7) is 3.85. The molecule has 2 unspecified atom stereocenters. The normalized spacial score (nSPS) is 14.7. The minimum absolute atomic E-state index is 0.0522. The van der Waals surface area contributed by atoms with Crippen molar-refractivity contribution in [2.45, 2.75) is 136 Å². The molecule has 328 valence electrons. The highest BCUT2D eigenvalue weighted by Crippen LogP contribution is 2.38. The van der Waals surface area contributed by atoms with Gasteiger partial charge in [0.2, 0.25) is 0 Å². The van der Waals surface area contributed by atoms with Crippen LogP contribution in [0.2, 0.25) is 0 Å². The quantitative estimate of drug-likeness (QED) is 0.0200. The van der Waals surface area contributed by atoms with Crippen LogP contribution in [0.25, 0.3) is 0 Å². The fourth-order valence-corrected chi connectivity index (χ4v) is 5.72. The monoisotopic (exact) mass is 828 g/mol. The molecule has 0 amide bonds. The van der Waals surface area contributed by atoms with E-state index in [1.165, 1.54) is 0 Å². The molecule has 9 nitrogen and oxygen atoms in total. The van der Waals surface area contributed by atoms with Gasteiger partial charge in [0.1, 0.15) is 19.8 Å². The largest absolute Gasteiger partial charge is 0.756 e. The topological polar surface area (TPSA) is 111 Å². The Bertz CT molecular complexity index is 1350. The van der Waals surface area contributed by atoms with Gasteiger partial charge >= 0.3 is 11.9 Å². The van der Waals surface area contributed by atoms with Crippen LogP contribution >= 0.6 is 7.82 Å². The zero-order chi connectivity index (χ0) is 42.8. The van der Waals surface area contributed by atoms with Crippen molar-refractivity contribution in [1.29, 1.82) is 0 Å². The summed E-state index contributed by atoms with van der Waals surface area (Å²) >= 11 is 0. The molecule has 58 heavy (non-hydrogen) atoms. The van der Waals surface area contributed by atoms with Gasteiger partial charge in [-0.05, 0) is 83.5 Å².